The van der Waals surface area contributed by atoms with E-state index in [0.717, 1.165) is 11.1 Å². The molecule has 28 heavy (non-hydrogen) atoms. The van der Waals surface area contributed by atoms with Gasteiger partial charge in [-0.05, 0) is 55.5 Å². The Bertz CT molecular complexity index is 796. The smallest absolute Gasteiger partial charge is 0.279 e. The molecule has 0 saturated carbocycles. The molecule has 0 spiro atoms. The van der Waals surface area contributed by atoms with E-state index < -0.39 is 17.9 Å². The summed E-state index contributed by atoms with van der Waals surface area (Å²) in [5, 5.41) is 0. The third-order valence-corrected chi connectivity index (χ3v) is 4.31. The van der Waals surface area contributed by atoms with Gasteiger partial charge in [0.2, 0.25) is 0 Å². The molecule has 0 aliphatic carbocycles. The molecule has 6 nitrogen and oxygen atoms in total. The van der Waals surface area contributed by atoms with Gasteiger partial charge in [-0.1, -0.05) is 44.2 Å². The van der Waals surface area contributed by atoms with Crippen molar-refractivity contribution in [2.24, 2.45) is 0 Å². The normalized spacial score (nSPS) is 11.6. The summed E-state index contributed by atoms with van der Waals surface area (Å²) >= 11 is 0. The minimum atomic E-state index is -0.760. The fourth-order valence-corrected chi connectivity index (χ4v) is 2.58. The Balaban J connectivity index is 1.77. The zero-order valence-corrected chi connectivity index (χ0v) is 17.0. The number of ether oxygens (including phenoxy) is 2. The summed E-state index contributed by atoms with van der Waals surface area (Å²) < 4.78 is 11.2. The molecule has 2 rings (SSSR count). The average Bonchev–Trinajstić information content (AvgIpc) is 2.67. The number of hydrogen-bond acceptors (Lipinski definition) is 4. The van der Waals surface area contributed by atoms with Crippen molar-refractivity contribution in [1.29, 1.82) is 0 Å². The summed E-state index contributed by atoms with van der Waals surface area (Å²) in [6.07, 6.45) is -0.760. The number of benzene rings is 2. The predicted molar refractivity (Wildman–Crippen MR) is 108 cm³/mol. The van der Waals surface area contributed by atoms with Crippen LogP contribution in [0.2, 0.25) is 0 Å². The highest BCUT2D eigenvalue weighted by atomic mass is 16.5. The van der Waals surface area contributed by atoms with Crippen LogP contribution in [-0.4, -0.2) is 24.5 Å². The zero-order valence-electron chi connectivity index (χ0n) is 17.0. The lowest BCUT2D eigenvalue weighted by Gasteiger charge is -2.18. The lowest BCUT2D eigenvalue weighted by atomic mass is 10.0. The molecular weight excluding hydrogens is 356 g/mol. The number of aryl methyl sites for hydroxylation is 2. The van der Waals surface area contributed by atoms with Crippen LogP contribution in [0.4, 0.5) is 0 Å². The van der Waals surface area contributed by atoms with Gasteiger partial charge in [-0.25, -0.2) is 0 Å². The first-order valence-corrected chi connectivity index (χ1v) is 9.32. The Kier molecular flexibility index (Phi) is 7.44. The Hall–Kier alpha value is -3.02. The summed E-state index contributed by atoms with van der Waals surface area (Å²) in [7, 11) is 0. The van der Waals surface area contributed by atoms with Crippen LogP contribution in [0, 0.1) is 13.8 Å². The van der Waals surface area contributed by atoms with Crippen molar-refractivity contribution in [2.75, 3.05) is 6.61 Å². The molecule has 0 saturated heterocycles. The summed E-state index contributed by atoms with van der Waals surface area (Å²) in [6, 6.07) is 13.3. The Labute approximate surface area is 166 Å². The van der Waals surface area contributed by atoms with E-state index in [1.165, 1.54) is 5.56 Å². The number of carbonyl (C=O) groups is 2. The number of hydrazine groups is 1. The maximum absolute atomic E-state index is 12.2. The predicted octanol–water partition coefficient (Wildman–Crippen LogP) is 3.42. The molecule has 2 N–H and O–H groups in total. The van der Waals surface area contributed by atoms with Crippen molar-refractivity contribution < 1.29 is 19.1 Å². The molecule has 0 aliphatic heterocycles. The molecule has 2 aromatic carbocycles. The Morgan fingerprint density at radius 2 is 1.54 bits per heavy atom. The van der Waals surface area contributed by atoms with Gasteiger partial charge in [-0.2, -0.15) is 0 Å². The van der Waals surface area contributed by atoms with Gasteiger partial charge >= 0.3 is 0 Å². The van der Waals surface area contributed by atoms with Gasteiger partial charge in [0, 0.05) is 0 Å². The van der Waals surface area contributed by atoms with Crippen LogP contribution < -0.4 is 20.3 Å². The first-order chi connectivity index (χ1) is 13.3. The second-order valence-corrected chi connectivity index (χ2v) is 7.03. The van der Waals surface area contributed by atoms with E-state index in [1.54, 1.807) is 6.92 Å². The molecular formula is C22H28N2O4. The molecule has 0 bridgehead atoms. The van der Waals surface area contributed by atoms with E-state index >= 15 is 0 Å². The van der Waals surface area contributed by atoms with E-state index in [1.807, 2.05) is 56.3 Å². The minimum Gasteiger partial charge on any atom is -0.484 e. The lowest BCUT2D eigenvalue weighted by Crippen LogP contribution is -2.48. The summed E-state index contributed by atoms with van der Waals surface area (Å²) in [5.74, 6) is 0.792. The molecule has 0 aromatic heterocycles. The standard InChI is InChI=1S/C22H28N2O4/c1-14(2)18-9-11-19(12-10-18)27-13-20(25)23-24-22(26)17(5)28-21-15(3)7-6-8-16(21)4/h6-12,14,17H,13H2,1-5H3,(H,23,25)(H,24,26). The van der Waals surface area contributed by atoms with Crippen molar-refractivity contribution in [3.63, 3.8) is 0 Å². The summed E-state index contributed by atoms with van der Waals surface area (Å²) in [6.45, 7) is 9.47. The van der Waals surface area contributed by atoms with E-state index in [0.29, 0.717) is 17.4 Å². The third-order valence-electron chi connectivity index (χ3n) is 4.31. The van der Waals surface area contributed by atoms with Gasteiger partial charge in [0.25, 0.3) is 11.8 Å². The third kappa shape index (κ3) is 6.01. The molecule has 2 amide bonds. The maximum Gasteiger partial charge on any atom is 0.279 e. The van der Waals surface area contributed by atoms with Crippen LogP contribution in [-0.2, 0) is 9.59 Å². The van der Waals surface area contributed by atoms with Crippen LogP contribution in [0.5, 0.6) is 11.5 Å². The van der Waals surface area contributed by atoms with E-state index in [-0.39, 0.29) is 6.61 Å². The van der Waals surface area contributed by atoms with Crippen molar-refractivity contribution in [3.8, 4) is 11.5 Å². The molecule has 0 aliphatic rings. The Morgan fingerprint density at radius 1 is 0.929 bits per heavy atom. The number of carbonyl (C=O) groups excluding carboxylic acids is 2. The summed E-state index contributed by atoms with van der Waals surface area (Å²) in [4.78, 5) is 24.1. The number of rotatable bonds is 7. The molecule has 6 heteroatoms. The molecule has 1 atom stereocenters. The largest absolute Gasteiger partial charge is 0.484 e. The van der Waals surface area contributed by atoms with Crippen molar-refractivity contribution in [2.45, 2.75) is 46.6 Å². The van der Waals surface area contributed by atoms with Crippen LogP contribution >= 0.6 is 0 Å². The quantitative estimate of drug-likeness (QED) is 0.717. The Morgan fingerprint density at radius 3 is 2.11 bits per heavy atom. The molecule has 0 radical (unpaired) electrons. The minimum absolute atomic E-state index is 0.201. The fraction of sp³-hybridized carbons (Fsp3) is 0.364. The second-order valence-electron chi connectivity index (χ2n) is 7.03. The first-order valence-electron chi connectivity index (χ1n) is 9.32. The van der Waals surface area contributed by atoms with E-state index in [2.05, 4.69) is 24.7 Å². The lowest BCUT2D eigenvalue weighted by molar-refractivity contribution is -0.133. The topological polar surface area (TPSA) is 76.7 Å². The van der Waals surface area contributed by atoms with Crippen molar-refractivity contribution >= 4 is 11.8 Å². The van der Waals surface area contributed by atoms with Crippen LogP contribution in [0.1, 0.15) is 43.4 Å². The molecule has 0 fully saturated rings. The van der Waals surface area contributed by atoms with Gasteiger partial charge in [0.15, 0.2) is 12.7 Å². The molecule has 1 unspecified atom stereocenters. The summed E-state index contributed by atoms with van der Waals surface area (Å²) in [5.41, 5.74) is 7.78. The highest BCUT2D eigenvalue weighted by Crippen LogP contribution is 2.23. The van der Waals surface area contributed by atoms with Crippen molar-refractivity contribution in [1.82, 2.24) is 10.9 Å². The van der Waals surface area contributed by atoms with Crippen LogP contribution in [0.3, 0.4) is 0 Å². The molecule has 0 heterocycles. The second kappa shape index (κ2) is 9.78. The van der Waals surface area contributed by atoms with Gasteiger partial charge in [-0.15, -0.1) is 0 Å². The molecule has 2 aromatic rings. The van der Waals surface area contributed by atoms with Gasteiger partial charge in [0.1, 0.15) is 11.5 Å². The highest BCUT2D eigenvalue weighted by molar-refractivity contribution is 5.85. The number of hydrogen-bond donors (Lipinski definition) is 2. The van der Waals surface area contributed by atoms with Crippen LogP contribution in [0.15, 0.2) is 42.5 Å². The van der Waals surface area contributed by atoms with Gasteiger partial charge in [0.05, 0.1) is 0 Å². The highest BCUT2D eigenvalue weighted by Gasteiger charge is 2.17. The molecule has 150 valence electrons. The monoisotopic (exact) mass is 384 g/mol. The first kappa shape index (κ1) is 21.3. The maximum atomic E-state index is 12.2. The van der Waals surface area contributed by atoms with E-state index in [9.17, 15) is 9.59 Å². The average molecular weight is 384 g/mol. The van der Waals surface area contributed by atoms with E-state index in [4.69, 9.17) is 9.47 Å². The number of amides is 2. The van der Waals surface area contributed by atoms with Gasteiger partial charge in [-0.3, -0.25) is 20.4 Å². The number of para-hydroxylation sites is 1. The fourth-order valence-electron chi connectivity index (χ4n) is 2.58. The van der Waals surface area contributed by atoms with Crippen LogP contribution in [0.25, 0.3) is 0 Å². The zero-order chi connectivity index (χ0) is 20.7. The SMILES string of the molecule is Cc1cccc(C)c1OC(C)C(=O)NNC(=O)COc1ccc(C(C)C)cc1. The number of nitrogens with one attached hydrogen (secondary N) is 2. The van der Waals surface area contributed by atoms with Crippen molar-refractivity contribution in [3.05, 3.63) is 59.2 Å². The van der Waals surface area contributed by atoms with Gasteiger partial charge < -0.3 is 9.47 Å².